The number of rotatable bonds is 5. The SMILES string of the molecule is O=C(O)[C@](O[C@H]1CCNC1)(c1ccc(F)cc1)[C@@H]1CCC(F)(F)C1. The number of halogens is 3. The summed E-state index contributed by atoms with van der Waals surface area (Å²) in [7, 11) is 0. The van der Waals surface area contributed by atoms with Crippen molar-refractivity contribution >= 4 is 5.97 Å². The number of carboxylic acids is 1. The Morgan fingerprint density at radius 2 is 2.00 bits per heavy atom. The second-order valence-electron chi connectivity index (χ2n) is 6.58. The predicted octanol–water partition coefficient (Wildman–Crippen LogP) is 2.92. The maximum Gasteiger partial charge on any atom is 0.340 e. The molecular weight excluding hydrogens is 323 g/mol. The normalized spacial score (nSPS) is 28.6. The van der Waals surface area contributed by atoms with Crippen LogP contribution >= 0.6 is 0 Å². The molecule has 1 aromatic carbocycles. The quantitative estimate of drug-likeness (QED) is 0.863. The van der Waals surface area contributed by atoms with Crippen molar-refractivity contribution in [2.45, 2.75) is 43.3 Å². The van der Waals surface area contributed by atoms with E-state index in [0.717, 1.165) is 12.1 Å². The fourth-order valence-electron chi connectivity index (χ4n) is 3.73. The first-order valence-electron chi connectivity index (χ1n) is 8.09. The van der Waals surface area contributed by atoms with Gasteiger partial charge < -0.3 is 15.2 Å². The number of ether oxygens (including phenoxy) is 1. The van der Waals surface area contributed by atoms with Gasteiger partial charge in [0.15, 0.2) is 5.60 Å². The molecule has 24 heavy (non-hydrogen) atoms. The van der Waals surface area contributed by atoms with E-state index >= 15 is 0 Å². The highest BCUT2D eigenvalue weighted by molar-refractivity contribution is 5.80. The zero-order valence-corrected chi connectivity index (χ0v) is 13.1. The first-order valence-corrected chi connectivity index (χ1v) is 8.09. The van der Waals surface area contributed by atoms with Crippen molar-refractivity contribution in [2.75, 3.05) is 13.1 Å². The van der Waals surface area contributed by atoms with Crippen LogP contribution in [0.4, 0.5) is 13.2 Å². The predicted molar refractivity (Wildman–Crippen MR) is 80.4 cm³/mol. The summed E-state index contributed by atoms with van der Waals surface area (Å²) >= 11 is 0. The molecule has 1 aliphatic heterocycles. The lowest BCUT2D eigenvalue weighted by Crippen LogP contribution is -2.48. The zero-order chi connectivity index (χ0) is 17.4. The van der Waals surface area contributed by atoms with Gasteiger partial charge in [-0.15, -0.1) is 0 Å². The third kappa shape index (κ3) is 3.15. The molecule has 0 aromatic heterocycles. The lowest BCUT2D eigenvalue weighted by Gasteiger charge is -2.37. The smallest absolute Gasteiger partial charge is 0.340 e. The monoisotopic (exact) mass is 343 g/mol. The minimum atomic E-state index is -2.90. The van der Waals surface area contributed by atoms with Crippen molar-refractivity contribution in [3.05, 3.63) is 35.6 Å². The molecule has 1 saturated carbocycles. The van der Waals surface area contributed by atoms with Crippen LogP contribution in [0.25, 0.3) is 0 Å². The number of benzene rings is 1. The van der Waals surface area contributed by atoms with E-state index in [1.54, 1.807) is 0 Å². The van der Waals surface area contributed by atoms with Crippen LogP contribution in [0.5, 0.6) is 0 Å². The largest absolute Gasteiger partial charge is 0.479 e. The van der Waals surface area contributed by atoms with E-state index in [9.17, 15) is 23.1 Å². The Hall–Kier alpha value is -1.60. The summed E-state index contributed by atoms with van der Waals surface area (Å²) in [6, 6.07) is 4.91. The molecule has 1 saturated heterocycles. The fourth-order valence-corrected chi connectivity index (χ4v) is 3.73. The van der Waals surface area contributed by atoms with Crippen LogP contribution < -0.4 is 5.32 Å². The van der Waals surface area contributed by atoms with E-state index in [0.29, 0.717) is 19.5 Å². The molecule has 0 radical (unpaired) electrons. The molecule has 1 aromatic rings. The van der Waals surface area contributed by atoms with Gasteiger partial charge >= 0.3 is 5.97 Å². The minimum absolute atomic E-state index is 0.0524. The van der Waals surface area contributed by atoms with Crippen LogP contribution in [0, 0.1) is 11.7 Å². The van der Waals surface area contributed by atoms with Gasteiger partial charge in [0, 0.05) is 25.3 Å². The average molecular weight is 343 g/mol. The van der Waals surface area contributed by atoms with Gasteiger partial charge in [-0.3, -0.25) is 0 Å². The summed E-state index contributed by atoms with van der Waals surface area (Å²) in [5, 5.41) is 13.0. The summed E-state index contributed by atoms with van der Waals surface area (Å²) in [4.78, 5) is 12.2. The molecule has 1 heterocycles. The van der Waals surface area contributed by atoms with E-state index < -0.39 is 35.6 Å². The Kier molecular flexibility index (Phi) is 4.57. The summed E-state index contributed by atoms with van der Waals surface area (Å²) in [5.41, 5.74) is -1.67. The number of alkyl halides is 2. The molecule has 7 heteroatoms. The maximum atomic E-state index is 13.8. The number of carboxylic acid groups (broad SMARTS) is 1. The standard InChI is InChI=1S/C17H20F3NO3/c18-13-3-1-11(2-4-13)17(15(22)23,24-14-6-8-21-10-14)12-5-7-16(19,20)9-12/h1-4,12,14,21H,5-10H2,(H,22,23)/t12-,14+,17+/m1/s1. The molecule has 0 spiro atoms. The average Bonchev–Trinajstić information content (AvgIpc) is 3.15. The molecule has 4 nitrogen and oxygen atoms in total. The Bertz CT molecular complexity index is 602. The van der Waals surface area contributed by atoms with E-state index in [1.165, 1.54) is 12.1 Å². The van der Waals surface area contributed by atoms with Crippen LogP contribution in [0.1, 0.15) is 31.2 Å². The van der Waals surface area contributed by atoms with E-state index in [2.05, 4.69) is 5.32 Å². The maximum absolute atomic E-state index is 13.8. The number of carbonyl (C=O) groups is 1. The van der Waals surface area contributed by atoms with Crippen LogP contribution in [0.2, 0.25) is 0 Å². The number of hydrogen-bond acceptors (Lipinski definition) is 3. The van der Waals surface area contributed by atoms with Crippen molar-refractivity contribution in [3.8, 4) is 0 Å². The van der Waals surface area contributed by atoms with Crippen LogP contribution in [0.15, 0.2) is 24.3 Å². The topological polar surface area (TPSA) is 58.6 Å². The van der Waals surface area contributed by atoms with Crippen molar-refractivity contribution < 1.29 is 27.8 Å². The molecule has 0 unspecified atom stereocenters. The number of hydrogen-bond donors (Lipinski definition) is 2. The third-order valence-electron chi connectivity index (χ3n) is 4.94. The zero-order valence-electron chi connectivity index (χ0n) is 13.1. The summed E-state index contributed by atoms with van der Waals surface area (Å²) in [5.74, 6) is -5.58. The van der Waals surface area contributed by atoms with Gasteiger partial charge in [-0.1, -0.05) is 12.1 Å². The summed E-state index contributed by atoms with van der Waals surface area (Å²) < 4.78 is 46.7. The molecule has 2 N–H and O–H groups in total. The van der Waals surface area contributed by atoms with Gasteiger partial charge in [-0.25, -0.2) is 18.0 Å². The Balaban J connectivity index is 2.02. The highest BCUT2D eigenvalue weighted by atomic mass is 19.3. The molecule has 132 valence electrons. The van der Waals surface area contributed by atoms with Gasteiger partial charge in [-0.2, -0.15) is 0 Å². The van der Waals surface area contributed by atoms with Crippen LogP contribution in [-0.4, -0.2) is 36.2 Å². The van der Waals surface area contributed by atoms with Crippen LogP contribution in [0.3, 0.4) is 0 Å². The van der Waals surface area contributed by atoms with Crippen molar-refractivity contribution in [1.29, 1.82) is 0 Å². The highest BCUT2D eigenvalue weighted by Gasteiger charge is 2.56. The molecular formula is C17H20F3NO3. The molecule has 2 aliphatic rings. The Morgan fingerprint density at radius 1 is 1.29 bits per heavy atom. The molecule has 0 bridgehead atoms. The van der Waals surface area contributed by atoms with Crippen molar-refractivity contribution in [3.63, 3.8) is 0 Å². The first kappa shape index (κ1) is 17.2. The lowest BCUT2D eigenvalue weighted by molar-refractivity contribution is -0.188. The third-order valence-corrected chi connectivity index (χ3v) is 4.94. The first-order chi connectivity index (χ1) is 11.3. The molecule has 3 rings (SSSR count). The number of nitrogens with one attached hydrogen (secondary N) is 1. The van der Waals surface area contributed by atoms with Gasteiger partial charge in [0.1, 0.15) is 5.82 Å². The summed E-state index contributed by atoms with van der Waals surface area (Å²) in [6.45, 7) is 1.16. The second kappa shape index (κ2) is 6.37. The Labute approximate surface area is 138 Å². The van der Waals surface area contributed by atoms with E-state index in [1.807, 2.05) is 0 Å². The van der Waals surface area contributed by atoms with Gasteiger partial charge in [0.2, 0.25) is 5.92 Å². The highest BCUT2D eigenvalue weighted by Crippen LogP contribution is 2.50. The van der Waals surface area contributed by atoms with Crippen LogP contribution in [-0.2, 0) is 15.1 Å². The molecule has 1 aliphatic carbocycles. The van der Waals surface area contributed by atoms with Gasteiger partial charge in [-0.05, 0) is 37.1 Å². The molecule has 0 amide bonds. The van der Waals surface area contributed by atoms with Crippen molar-refractivity contribution in [1.82, 2.24) is 5.32 Å². The molecule has 2 fully saturated rings. The fraction of sp³-hybridized carbons (Fsp3) is 0.588. The molecule has 3 atom stereocenters. The minimum Gasteiger partial charge on any atom is -0.479 e. The Morgan fingerprint density at radius 3 is 2.50 bits per heavy atom. The van der Waals surface area contributed by atoms with E-state index in [4.69, 9.17) is 4.74 Å². The number of aliphatic carboxylic acids is 1. The second-order valence-corrected chi connectivity index (χ2v) is 6.58. The lowest BCUT2D eigenvalue weighted by atomic mass is 9.79. The summed E-state index contributed by atoms with van der Waals surface area (Å²) in [6.07, 6.45) is -0.618. The van der Waals surface area contributed by atoms with Gasteiger partial charge in [0.25, 0.3) is 0 Å². The van der Waals surface area contributed by atoms with Gasteiger partial charge in [0.05, 0.1) is 6.10 Å². The van der Waals surface area contributed by atoms with Crippen molar-refractivity contribution in [2.24, 2.45) is 5.92 Å². The van der Waals surface area contributed by atoms with E-state index in [-0.39, 0.29) is 24.5 Å².